The SMILES string of the molecule is C[CH]C(=O)N(CC)C(=O)O. The summed E-state index contributed by atoms with van der Waals surface area (Å²) in [5.41, 5.74) is 0. The largest absolute Gasteiger partial charge is 0.465 e. The van der Waals surface area contributed by atoms with E-state index in [9.17, 15) is 9.59 Å². The Balaban J connectivity index is 4.06. The topological polar surface area (TPSA) is 57.6 Å². The quantitative estimate of drug-likeness (QED) is 0.621. The number of amides is 2. The molecule has 0 bridgehead atoms. The molecule has 1 N–H and O–H groups in total. The standard InChI is InChI=1S/C6H10NO3/c1-3-5(8)7(4-2)6(9)10/h3H,4H2,1-2H3,(H,9,10). The summed E-state index contributed by atoms with van der Waals surface area (Å²) in [6, 6.07) is 0. The second-order valence-electron chi connectivity index (χ2n) is 1.65. The van der Waals surface area contributed by atoms with Gasteiger partial charge in [0.15, 0.2) is 0 Å². The number of nitrogens with zero attached hydrogens (tertiary/aromatic N) is 1. The van der Waals surface area contributed by atoms with Gasteiger partial charge in [-0.25, -0.2) is 9.69 Å². The molecule has 0 saturated carbocycles. The molecule has 0 rings (SSSR count). The lowest BCUT2D eigenvalue weighted by molar-refractivity contribution is -0.125. The van der Waals surface area contributed by atoms with E-state index in [0.29, 0.717) is 0 Å². The van der Waals surface area contributed by atoms with Crippen LogP contribution in [-0.2, 0) is 4.79 Å². The second kappa shape index (κ2) is 3.87. The van der Waals surface area contributed by atoms with Crippen LogP contribution in [0, 0.1) is 6.42 Å². The molecule has 0 saturated heterocycles. The number of hydrogen-bond acceptors (Lipinski definition) is 2. The summed E-state index contributed by atoms with van der Waals surface area (Å²) < 4.78 is 0. The summed E-state index contributed by atoms with van der Waals surface area (Å²) in [5.74, 6) is -0.477. The normalized spacial score (nSPS) is 9.00. The van der Waals surface area contributed by atoms with Crippen molar-refractivity contribution < 1.29 is 14.7 Å². The van der Waals surface area contributed by atoms with Crippen LogP contribution < -0.4 is 0 Å². The lowest BCUT2D eigenvalue weighted by atomic mass is 10.4. The van der Waals surface area contributed by atoms with Crippen molar-refractivity contribution >= 4 is 12.0 Å². The zero-order chi connectivity index (χ0) is 8.15. The van der Waals surface area contributed by atoms with E-state index >= 15 is 0 Å². The lowest BCUT2D eigenvalue weighted by Gasteiger charge is -2.12. The molecule has 0 aliphatic carbocycles. The predicted molar refractivity (Wildman–Crippen MR) is 35.4 cm³/mol. The van der Waals surface area contributed by atoms with E-state index in [2.05, 4.69) is 0 Å². The van der Waals surface area contributed by atoms with Crippen LogP contribution in [0.3, 0.4) is 0 Å². The van der Waals surface area contributed by atoms with Crippen LogP contribution in [0.4, 0.5) is 4.79 Å². The first-order valence-electron chi connectivity index (χ1n) is 2.97. The predicted octanol–water partition coefficient (Wildman–Crippen LogP) is 0.737. The van der Waals surface area contributed by atoms with Crippen molar-refractivity contribution in [1.82, 2.24) is 4.90 Å². The van der Waals surface area contributed by atoms with Gasteiger partial charge in [-0.1, -0.05) is 6.92 Å². The van der Waals surface area contributed by atoms with Gasteiger partial charge in [0.1, 0.15) is 0 Å². The fourth-order valence-corrected chi connectivity index (χ4v) is 0.541. The molecule has 0 aromatic carbocycles. The van der Waals surface area contributed by atoms with Crippen molar-refractivity contribution in [2.45, 2.75) is 13.8 Å². The minimum absolute atomic E-state index is 0.193. The molecule has 4 heteroatoms. The van der Waals surface area contributed by atoms with Gasteiger partial charge in [-0.3, -0.25) is 4.79 Å². The average molecular weight is 144 g/mol. The smallest absolute Gasteiger partial charge is 0.414 e. The molecule has 10 heavy (non-hydrogen) atoms. The van der Waals surface area contributed by atoms with E-state index in [1.807, 2.05) is 0 Å². The first kappa shape index (κ1) is 8.94. The summed E-state index contributed by atoms with van der Waals surface area (Å²) in [7, 11) is 0. The van der Waals surface area contributed by atoms with Gasteiger partial charge in [0.25, 0.3) is 0 Å². The highest BCUT2D eigenvalue weighted by atomic mass is 16.4. The van der Waals surface area contributed by atoms with Crippen molar-refractivity contribution in [1.29, 1.82) is 0 Å². The van der Waals surface area contributed by atoms with Crippen molar-refractivity contribution in [3.63, 3.8) is 0 Å². The van der Waals surface area contributed by atoms with Gasteiger partial charge < -0.3 is 5.11 Å². The van der Waals surface area contributed by atoms with Crippen LogP contribution in [0.1, 0.15) is 13.8 Å². The Kier molecular flexibility index (Phi) is 3.46. The van der Waals surface area contributed by atoms with Gasteiger partial charge >= 0.3 is 6.09 Å². The summed E-state index contributed by atoms with van der Waals surface area (Å²) >= 11 is 0. The van der Waals surface area contributed by atoms with Crippen LogP contribution in [0.25, 0.3) is 0 Å². The van der Waals surface area contributed by atoms with Gasteiger partial charge in [-0.05, 0) is 6.92 Å². The Morgan fingerprint density at radius 2 is 2.10 bits per heavy atom. The first-order valence-corrected chi connectivity index (χ1v) is 2.97. The Morgan fingerprint density at radius 1 is 1.60 bits per heavy atom. The molecule has 0 unspecified atom stereocenters. The first-order chi connectivity index (χ1) is 4.63. The number of imide groups is 1. The molecule has 0 aromatic heterocycles. The Labute approximate surface area is 59.4 Å². The number of carbonyl (C=O) groups excluding carboxylic acids is 1. The van der Waals surface area contributed by atoms with Crippen LogP contribution in [-0.4, -0.2) is 28.6 Å². The van der Waals surface area contributed by atoms with E-state index in [4.69, 9.17) is 5.11 Å². The van der Waals surface area contributed by atoms with Crippen molar-refractivity contribution in [3.05, 3.63) is 6.42 Å². The number of carboxylic acid groups (broad SMARTS) is 1. The summed E-state index contributed by atoms with van der Waals surface area (Å²) in [6.07, 6.45) is 0.0167. The molecule has 1 radical (unpaired) electrons. The van der Waals surface area contributed by atoms with Gasteiger partial charge in [-0.15, -0.1) is 0 Å². The van der Waals surface area contributed by atoms with E-state index in [1.54, 1.807) is 6.92 Å². The number of hydrogen-bond donors (Lipinski definition) is 1. The average Bonchev–Trinajstić information content (AvgIpc) is 1.88. The Bertz CT molecular complexity index is 144. The maximum absolute atomic E-state index is 10.7. The molecule has 2 amide bonds. The van der Waals surface area contributed by atoms with Gasteiger partial charge in [-0.2, -0.15) is 0 Å². The number of rotatable bonds is 2. The molecule has 0 atom stereocenters. The zero-order valence-electron chi connectivity index (χ0n) is 6.00. The summed E-state index contributed by atoms with van der Waals surface area (Å²) in [5, 5.41) is 8.36. The molecule has 57 valence electrons. The molecule has 0 aliphatic rings. The van der Waals surface area contributed by atoms with E-state index in [-0.39, 0.29) is 6.54 Å². The third-order valence-corrected chi connectivity index (χ3v) is 1.06. The third kappa shape index (κ3) is 2.05. The molecule has 0 aromatic rings. The van der Waals surface area contributed by atoms with Gasteiger partial charge in [0, 0.05) is 13.0 Å². The van der Waals surface area contributed by atoms with Crippen LogP contribution >= 0.6 is 0 Å². The molecule has 0 aliphatic heterocycles. The summed E-state index contributed by atoms with van der Waals surface area (Å²) in [6.45, 7) is 3.31. The molecule has 0 fully saturated rings. The second-order valence-corrected chi connectivity index (χ2v) is 1.65. The van der Waals surface area contributed by atoms with Crippen molar-refractivity contribution in [2.75, 3.05) is 6.54 Å². The molecule has 0 heterocycles. The maximum atomic E-state index is 10.7. The van der Waals surface area contributed by atoms with Gasteiger partial charge in [0.2, 0.25) is 5.91 Å². The highest BCUT2D eigenvalue weighted by molar-refractivity contribution is 5.95. The Morgan fingerprint density at radius 3 is 2.20 bits per heavy atom. The van der Waals surface area contributed by atoms with Crippen LogP contribution in [0.15, 0.2) is 0 Å². The monoisotopic (exact) mass is 144 g/mol. The molecule has 4 nitrogen and oxygen atoms in total. The Hall–Kier alpha value is -1.06. The fraction of sp³-hybridized carbons (Fsp3) is 0.500. The van der Waals surface area contributed by atoms with Crippen molar-refractivity contribution in [2.24, 2.45) is 0 Å². The van der Waals surface area contributed by atoms with Gasteiger partial charge in [0.05, 0.1) is 0 Å². The third-order valence-electron chi connectivity index (χ3n) is 1.06. The van der Waals surface area contributed by atoms with E-state index in [1.165, 1.54) is 13.3 Å². The lowest BCUT2D eigenvalue weighted by Crippen LogP contribution is -2.35. The fourth-order valence-electron chi connectivity index (χ4n) is 0.541. The molecule has 0 spiro atoms. The van der Waals surface area contributed by atoms with E-state index < -0.39 is 12.0 Å². The minimum Gasteiger partial charge on any atom is -0.465 e. The highest BCUT2D eigenvalue weighted by Gasteiger charge is 2.15. The maximum Gasteiger partial charge on any atom is 0.414 e. The minimum atomic E-state index is -1.20. The molecular weight excluding hydrogens is 134 g/mol. The number of carbonyl (C=O) groups is 2. The zero-order valence-corrected chi connectivity index (χ0v) is 6.00. The summed E-state index contributed by atoms with van der Waals surface area (Å²) in [4.78, 5) is 21.6. The van der Waals surface area contributed by atoms with Crippen molar-refractivity contribution in [3.8, 4) is 0 Å². The molecular formula is C6H10NO3. The van der Waals surface area contributed by atoms with Crippen LogP contribution in [0.5, 0.6) is 0 Å². The highest BCUT2D eigenvalue weighted by Crippen LogP contribution is 1.92. The van der Waals surface area contributed by atoms with Crippen LogP contribution in [0.2, 0.25) is 0 Å². The van der Waals surface area contributed by atoms with E-state index in [0.717, 1.165) is 4.90 Å².